The van der Waals surface area contributed by atoms with Gasteiger partial charge in [-0.2, -0.15) is 0 Å². The van der Waals surface area contributed by atoms with E-state index in [0.29, 0.717) is 17.8 Å². The molecule has 0 N–H and O–H groups in total. The van der Waals surface area contributed by atoms with Gasteiger partial charge in [-0.3, -0.25) is 19.6 Å². The summed E-state index contributed by atoms with van der Waals surface area (Å²) in [6.07, 6.45) is 8.19. The average molecular weight is 373 g/mol. The maximum Gasteiger partial charge on any atom is 0.151 e. The molecule has 142 valence electrons. The van der Waals surface area contributed by atoms with Crippen LogP contribution in [0.2, 0.25) is 0 Å². The average Bonchev–Trinajstić information content (AvgIpc) is 2.73. The summed E-state index contributed by atoms with van der Waals surface area (Å²) in [5, 5.41) is 2.06. The van der Waals surface area contributed by atoms with Crippen LogP contribution in [0.15, 0.2) is 48.9 Å². The van der Waals surface area contributed by atoms with Gasteiger partial charge >= 0.3 is 0 Å². The van der Waals surface area contributed by atoms with Crippen molar-refractivity contribution in [3.05, 3.63) is 60.2 Å². The van der Waals surface area contributed by atoms with E-state index in [4.69, 9.17) is 0 Å². The SMILES string of the molecule is CN1CCC(C(=O)Cc2cc3cc(-c4cncc(C=O)c4)ccc3cn2)CC1. The van der Waals surface area contributed by atoms with Gasteiger partial charge in [-0.05, 0) is 62.1 Å². The van der Waals surface area contributed by atoms with Crippen LogP contribution in [0, 0.1) is 5.92 Å². The third kappa shape index (κ3) is 3.99. The van der Waals surface area contributed by atoms with E-state index in [0.717, 1.165) is 59.8 Å². The fraction of sp³-hybridized carbons (Fsp3) is 0.304. The lowest BCUT2D eigenvalue weighted by Gasteiger charge is -2.27. The molecule has 0 saturated carbocycles. The number of ketones is 1. The third-order valence-electron chi connectivity index (χ3n) is 5.54. The number of hydrogen-bond donors (Lipinski definition) is 0. The van der Waals surface area contributed by atoms with Gasteiger partial charge in [0.1, 0.15) is 5.78 Å². The first-order valence-corrected chi connectivity index (χ1v) is 9.63. The van der Waals surface area contributed by atoms with Crippen molar-refractivity contribution in [3.63, 3.8) is 0 Å². The van der Waals surface area contributed by atoms with Crippen molar-refractivity contribution >= 4 is 22.8 Å². The van der Waals surface area contributed by atoms with Crippen molar-refractivity contribution in [2.45, 2.75) is 19.3 Å². The summed E-state index contributed by atoms with van der Waals surface area (Å²) in [5.74, 6) is 0.441. The molecule has 0 radical (unpaired) electrons. The largest absolute Gasteiger partial charge is 0.306 e. The molecule has 1 saturated heterocycles. The fourth-order valence-corrected chi connectivity index (χ4v) is 3.80. The summed E-state index contributed by atoms with van der Waals surface area (Å²) in [4.78, 5) is 34.6. The van der Waals surface area contributed by atoms with E-state index in [1.165, 1.54) is 0 Å². The number of benzene rings is 1. The van der Waals surface area contributed by atoms with Crippen LogP contribution in [0.4, 0.5) is 0 Å². The van der Waals surface area contributed by atoms with Gasteiger partial charge in [0.15, 0.2) is 6.29 Å². The molecule has 1 aromatic carbocycles. The Morgan fingerprint density at radius 2 is 1.89 bits per heavy atom. The highest BCUT2D eigenvalue weighted by Crippen LogP contribution is 2.25. The molecule has 4 rings (SSSR count). The van der Waals surface area contributed by atoms with E-state index < -0.39 is 0 Å². The van der Waals surface area contributed by atoms with Crippen LogP contribution in [0.3, 0.4) is 0 Å². The Hall–Kier alpha value is -2.92. The Morgan fingerprint density at radius 3 is 2.68 bits per heavy atom. The topological polar surface area (TPSA) is 63.2 Å². The number of aromatic nitrogens is 2. The molecule has 5 heteroatoms. The van der Waals surface area contributed by atoms with Crippen molar-refractivity contribution < 1.29 is 9.59 Å². The molecule has 0 unspecified atom stereocenters. The van der Waals surface area contributed by atoms with Gasteiger partial charge in [-0.1, -0.05) is 12.1 Å². The summed E-state index contributed by atoms with van der Waals surface area (Å²) in [6, 6.07) is 9.90. The Balaban J connectivity index is 1.57. The molecule has 1 aliphatic heterocycles. The van der Waals surface area contributed by atoms with Gasteiger partial charge in [0.05, 0.1) is 0 Å². The van der Waals surface area contributed by atoms with Crippen molar-refractivity contribution in [2.75, 3.05) is 20.1 Å². The van der Waals surface area contributed by atoms with Gasteiger partial charge in [-0.15, -0.1) is 0 Å². The zero-order valence-electron chi connectivity index (χ0n) is 16.0. The Labute approximate surface area is 164 Å². The van der Waals surface area contributed by atoms with Gasteiger partial charge in [0, 0.05) is 53.1 Å². The maximum atomic E-state index is 12.7. The molecule has 0 aliphatic carbocycles. The molecule has 0 spiro atoms. The number of pyridine rings is 2. The molecule has 0 atom stereocenters. The van der Waals surface area contributed by atoms with E-state index in [-0.39, 0.29) is 5.92 Å². The molecule has 3 heterocycles. The van der Waals surface area contributed by atoms with Crippen LogP contribution in [-0.2, 0) is 11.2 Å². The molecule has 0 bridgehead atoms. The molecule has 1 fully saturated rings. The third-order valence-corrected chi connectivity index (χ3v) is 5.54. The fourth-order valence-electron chi connectivity index (χ4n) is 3.80. The molecule has 3 aromatic rings. The van der Waals surface area contributed by atoms with Crippen molar-refractivity contribution in [1.82, 2.24) is 14.9 Å². The zero-order valence-corrected chi connectivity index (χ0v) is 16.0. The van der Waals surface area contributed by atoms with Crippen LogP contribution in [0.25, 0.3) is 21.9 Å². The van der Waals surface area contributed by atoms with Crippen LogP contribution in [-0.4, -0.2) is 47.1 Å². The molecule has 1 aliphatic rings. The quantitative estimate of drug-likeness (QED) is 0.640. The first-order chi connectivity index (χ1) is 13.6. The van der Waals surface area contributed by atoms with E-state index in [1.807, 2.05) is 30.5 Å². The van der Waals surface area contributed by atoms with Crippen LogP contribution in [0.5, 0.6) is 0 Å². The molecular formula is C23H23N3O2. The standard InChI is InChI=1S/C23H23N3O2/c1-26-6-4-17(5-7-26)23(28)11-22-10-20-9-18(2-3-19(20)14-25-22)21-8-16(15-27)12-24-13-21/h2-3,8-10,12-15,17H,4-7,11H2,1H3. The number of fused-ring (bicyclic) bond motifs is 1. The summed E-state index contributed by atoms with van der Waals surface area (Å²) < 4.78 is 0. The lowest BCUT2D eigenvalue weighted by Crippen LogP contribution is -2.34. The normalized spacial score (nSPS) is 15.6. The molecular weight excluding hydrogens is 350 g/mol. The smallest absolute Gasteiger partial charge is 0.151 e. The number of hydrogen-bond acceptors (Lipinski definition) is 5. The van der Waals surface area contributed by atoms with E-state index in [2.05, 4.69) is 28.0 Å². The van der Waals surface area contributed by atoms with Gasteiger partial charge in [0.2, 0.25) is 0 Å². The number of piperidine rings is 1. The number of likely N-dealkylation sites (tertiary alicyclic amines) is 1. The molecule has 0 amide bonds. The maximum absolute atomic E-state index is 12.7. The highest BCUT2D eigenvalue weighted by Gasteiger charge is 2.23. The monoisotopic (exact) mass is 373 g/mol. The Bertz CT molecular complexity index is 1020. The van der Waals surface area contributed by atoms with Gasteiger partial charge < -0.3 is 4.90 Å². The minimum Gasteiger partial charge on any atom is -0.306 e. The second kappa shape index (κ2) is 7.98. The molecule has 2 aromatic heterocycles. The first-order valence-electron chi connectivity index (χ1n) is 9.63. The number of carbonyl (C=O) groups is 2. The Morgan fingerprint density at radius 1 is 1.07 bits per heavy atom. The lowest BCUT2D eigenvalue weighted by atomic mass is 9.90. The van der Waals surface area contributed by atoms with Gasteiger partial charge in [-0.25, -0.2) is 0 Å². The minimum atomic E-state index is 0.150. The van der Waals surface area contributed by atoms with Crippen LogP contribution in [0.1, 0.15) is 28.9 Å². The van der Waals surface area contributed by atoms with E-state index in [1.54, 1.807) is 12.4 Å². The minimum absolute atomic E-state index is 0.150. The number of rotatable bonds is 5. The van der Waals surface area contributed by atoms with Crippen LogP contribution < -0.4 is 0 Å². The van der Waals surface area contributed by atoms with Crippen molar-refractivity contribution in [2.24, 2.45) is 5.92 Å². The highest BCUT2D eigenvalue weighted by atomic mass is 16.1. The number of Topliss-reactive ketones (excluding diaryl/α,β-unsaturated/α-hetero) is 1. The van der Waals surface area contributed by atoms with Gasteiger partial charge in [0.25, 0.3) is 0 Å². The molecule has 5 nitrogen and oxygen atoms in total. The predicted molar refractivity (Wildman–Crippen MR) is 109 cm³/mol. The summed E-state index contributed by atoms with van der Waals surface area (Å²) in [6.45, 7) is 1.97. The second-order valence-corrected chi connectivity index (χ2v) is 7.58. The highest BCUT2D eigenvalue weighted by molar-refractivity contribution is 5.89. The van der Waals surface area contributed by atoms with Crippen LogP contribution >= 0.6 is 0 Å². The van der Waals surface area contributed by atoms with E-state index in [9.17, 15) is 9.59 Å². The van der Waals surface area contributed by atoms with E-state index >= 15 is 0 Å². The summed E-state index contributed by atoms with van der Waals surface area (Å²) in [7, 11) is 2.10. The summed E-state index contributed by atoms with van der Waals surface area (Å²) >= 11 is 0. The lowest BCUT2D eigenvalue weighted by molar-refractivity contribution is -0.123. The Kier molecular flexibility index (Phi) is 5.26. The van der Waals surface area contributed by atoms with Crippen molar-refractivity contribution in [3.8, 4) is 11.1 Å². The number of nitrogens with zero attached hydrogens (tertiary/aromatic N) is 3. The second-order valence-electron chi connectivity index (χ2n) is 7.58. The first kappa shape index (κ1) is 18.4. The summed E-state index contributed by atoms with van der Waals surface area (Å²) in [5.41, 5.74) is 3.25. The zero-order chi connectivity index (χ0) is 19.5. The van der Waals surface area contributed by atoms with Crippen molar-refractivity contribution in [1.29, 1.82) is 0 Å². The predicted octanol–water partition coefficient (Wildman–Crippen LogP) is 3.56. The number of carbonyl (C=O) groups excluding carboxylic acids is 2. The molecule has 28 heavy (non-hydrogen) atoms. The number of aldehydes is 1.